The molecule has 1 saturated heterocycles. The molecule has 0 saturated carbocycles. The second-order valence-corrected chi connectivity index (χ2v) is 6.48. The number of thioether (sulfide) groups is 1. The molecule has 1 aromatic carbocycles. The van der Waals surface area contributed by atoms with E-state index in [1.165, 1.54) is 12.1 Å². The molecule has 17 heavy (non-hydrogen) atoms. The molecule has 2 atom stereocenters. The summed E-state index contributed by atoms with van der Waals surface area (Å²) in [6, 6.07) is 4.66. The lowest BCUT2D eigenvalue weighted by atomic mass is 10.1. The van der Waals surface area contributed by atoms with E-state index in [0.717, 1.165) is 18.8 Å². The molecule has 0 radical (unpaired) electrons. The molecule has 0 aliphatic carbocycles. The number of aliphatic hydroxyl groups excluding tert-OH is 1. The van der Waals surface area contributed by atoms with E-state index in [0.29, 0.717) is 16.1 Å². The van der Waals surface area contributed by atoms with Gasteiger partial charge in [-0.2, -0.15) is 11.8 Å². The quantitative estimate of drug-likeness (QED) is 0.879. The lowest BCUT2D eigenvalue weighted by Crippen LogP contribution is -2.40. The zero-order valence-corrected chi connectivity index (χ0v) is 11.0. The summed E-state index contributed by atoms with van der Waals surface area (Å²) in [5.74, 6) is -0.287. The van der Waals surface area contributed by atoms with Crippen LogP contribution in [0, 0.1) is 5.82 Å². The average Bonchev–Trinajstić information content (AvgIpc) is 2.27. The molecule has 1 N–H and O–H groups in total. The monoisotopic (exact) mass is 255 g/mol. The molecule has 4 heteroatoms. The van der Waals surface area contributed by atoms with Crippen LogP contribution in [-0.2, 0) is 6.61 Å². The Hall–Kier alpha value is -0.740. The smallest absolute Gasteiger partial charge is 0.123 e. The number of anilines is 1. The molecule has 2 nitrogen and oxygen atoms in total. The van der Waals surface area contributed by atoms with Crippen LogP contribution in [0.2, 0.25) is 0 Å². The summed E-state index contributed by atoms with van der Waals surface area (Å²) in [5, 5.41) is 10.4. The Labute approximate surface area is 106 Å². The zero-order chi connectivity index (χ0) is 12.4. The van der Waals surface area contributed by atoms with Crippen LogP contribution in [0.4, 0.5) is 10.1 Å². The molecule has 1 aromatic rings. The number of aliphatic hydroxyl groups is 1. The van der Waals surface area contributed by atoms with E-state index in [2.05, 4.69) is 18.7 Å². The van der Waals surface area contributed by atoms with Crippen molar-refractivity contribution < 1.29 is 9.50 Å². The Kier molecular flexibility index (Phi) is 3.94. The minimum Gasteiger partial charge on any atom is -0.392 e. The van der Waals surface area contributed by atoms with Gasteiger partial charge >= 0.3 is 0 Å². The topological polar surface area (TPSA) is 23.5 Å². The van der Waals surface area contributed by atoms with Gasteiger partial charge in [0.25, 0.3) is 0 Å². The SMILES string of the molecule is CC1CN(c2ccc(F)cc2CO)CC(C)S1. The molecule has 1 fully saturated rings. The largest absolute Gasteiger partial charge is 0.392 e. The normalized spacial score (nSPS) is 25.1. The fraction of sp³-hybridized carbons (Fsp3) is 0.538. The lowest BCUT2D eigenvalue weighted by Gasteiger charge is -2.37. The molecular weight excluding hydrogens is 237 g/mol. The maximum Gasteiger partial charge on any atom is 0.123 e. The van der Waals surface area contributed by atoms with Gasteiger partial charge in [-0.3, -0.25) is 0 Å². The van der Waals surface area contributed by atoms with Crippen molar-refractivity contribution in [3.8, 4) is 0 Å². The van der Waals surface area contributed by atoms with Gasteiger partial charge in [-0.1, -0.05) is 13.8 Å². The number of hydrogen-bond acceptors (Lipinski definition) is 3. The first-order valence-corrected chi connectivity index (χ1v) is 6.84. The molecule has 1 aliphatic rings. The maximum atomic E-state index is 13.1. The highest BCUT2D eigenvalue weighted by Crippen LogP contribution is 2.30. The fourth-order valence-electron chi connectivity index (χ4n) is 2.36. The number of halogens is 1. The van der Waals surface area contributed by atoms with Gasteiger partial charge in [0.2, 0.25) is 0 Å². The van der Waals surface area contributed by atoms with Crippen molar-refractivity contribution in [3.05, 3.63) is 29.6 Å². The number of rotatable bonds is 2. The summed E-state index contributed by atoms with van der Waals surface area (Å²) in [5.41, 5.74) is 1.64. The molecular formula is C13H18FNOS. The third-order valence-corrected chi connectivity index (χ3v) is 4.20. The summed E-state index contributed by atoms with van der Waals surface area (Å²) in [4.78, 5) is 2.25. The first-order valence-electron chi connectivity index (χ1n) is 5.90. The van der Waals surface area contributed by atoms with Crippen LogP contribution >= 0.6 is 11.8 Å². The number of nitrogens with zero attached hydrogens (tertiary/aromatic N) is 1. The van der Waals surface area contributed by atoms with E-state index < -0.39 is 0 Å². The van der Waals surface area contributed by atoms with Crippen molar-refractivity contribution in [1.82, 2.24) is 0 Å². The van der Waals surface area contributed by atoms with Crippen molar-refractivity contribution in [3.63, 3.8) is 0 Å². The Bertz CT molecular complexity index is 389. The van der Waals surface area contributed by atoms with Gasteiger partial charge in [0.1, 0.15) is 5.82 Å². The zero-order valence-electron chi connectivity index (χ0n) is 10.2. The van der Waals surface area contributed by atoms with Crippen LogP contribution in [0.25, 0.3) is 0 Å². The summed E-state index contributed by atoms with van der Waals surface area (Å²) in [6.07, 6.45) is 0. The number of benzene rings is 1. The molecule has 2 rings (SSSR count). The Balaban J connectivity index is 2.26. The van der Waals surface area contributed by atoms with Crippen molar-refractivity contribution in [1.29, 1.82) is 0 Å². The molecule has 0 aromatic heterocycles. The van der Waals surface area contributed by atoms with Crippen LogP contribution in [0.1, 0.15) is 19.4 Å². The van der Waals surface area contributed by atoms with Crippen LogP contribution in [0.15, 0.2) is 18.2 Å². The first-order chi connectivity index (χ1) is 8.10. The Morgan fingerprint density at radius 1 is 1.35 bits per heavy atom. The summed E-state index contributed by atoms with van der Waals surface area (Å²) < 4.78 is 13.1. The highest BCUT2D eigenvalue weighted by Gasteiger charge is 2.23. The van der Waals surface area contributed by atoms with Crippen molar-refractivity contribution >= 4 is 17.4 Å². The summed E-state index contributed by atoms with van der Waals surface area (Å²) in [7, 11) is 0. The van der Waals surface area contributed by atoms with E-state index in [-0.39, 0.29) is 12.4 Å². The number of hydrogen-bond donors (Lipinski definition) is 1. The van der Waals surface area contributed by atoms with E-state index in [1.807, 2.05) is 11.8 Å². The van der Waals surface area contributed by atoms with Gasteiger partial charge in [-0.05, 0) is 18.2 Å². The third-order valence-electron chi connectivity index (χ3n) is 2.97. The van der Waals surface area contributed by atoms with Crippen LogP contribution in [0.5, 0.6) is 0 Å². The van der Waals surface area contributed by atoms with Crippen LogP contribution < -0.4 is 4.90 Å². The van der Waals surface area contributed by atoms with Gasteiger partial charge in [0.05, 0.1) is 6.61 Å². The second-order valence-electron chi connectivity index (χ2n) is 4.59. The van der Waals surface area contributed by atoms with Crippen LogP contribution in [0.3, 0.4) is 0 Å². The average molecular weight is 255 g/mol. The predicted molar refractivity (Wildman–Crippen MR) is 71.1 cm³/mol. The maximum absolute atomic E-state index is 13.1. The van der Waals surface area contributed by atoms with E-state index >= 15 is 0 Å². The molecule has 0 bridgehead atoms. The van der Waals surface area contributed by atoms with E-state index in [4.69, 9.17) is 0 Å². The molecule has 1 aliphatic heterocycles. The minimum atomic E-state index is -0.287. The van der Waals surface area contributed by atoms with Crippen molar-refractivity contribution in [2.24, 2.45) is 0 Å². The molecule has 1 heterocycles. The van der Waals surface area contributed by atoms with Gasteiger partial charge in [-0.25, -0.2) is 4.39 Å². The standard InChI is InChI=1S/C13H18FNOS/c1-9-6-15(7-10(2)17-9)13-4-3-12(14)5-11(13)8-16/h3-5,9-10,16H,6-8H2,1-2H3. The van der Waals surface area contributed by atoms with Crippen molar-refractivity contribution in [2.75, 3.05) is 18.0 Å². The van der Waals surface area contributed by atoms with Gasteiger partial charge in [0, 0.05) is 34.8 Å². The van der Waals surface area contributed by atoms with Gasteiger partial charge in [-0.15, -0.1) is 0 Å². The first kappa shape index (κ1) is 12.7. The highest BCUT2D eigenvalue weighted by molar-refractivity contribution is 8.00. The molecule has 94 valence electrons. The van der Waals surface area contributed by atoms with E-state index in [1.54, 1.807) is 6.07 Å². The highest BCUT2D eigenvalue weighted by atomic mass is 32.2. The summed E-state index contributed by atoms with van der Waals surface area (Å²) >= 11 is 1.98. The Morgan fingerprint density at radius 3 is 2.59 bits per heavy atom. The van der Waals surface area contributed by atoms with Gasteiger partial charge < -0.3 is 10.0 Å². The lowest BCUT2D eigenvalue weighted by molar-refractivity contribution is 0.281. The Morgan fingerprint density at radius 2 is 2.00 bits per heavy atom. The minimum absolute atomic E-state index is 0.112. The van der Waals surface area contributed by atoms with Gasteiger partial charge in [0.15, 0.2) is 0 Å². The molecule has 0 amide bonds. The van der Waals surface area contributed by atoms with E-state index in [9.17, 15) is 9.50 Å². The fourth-order valence-corrected chi connectivity index (χ4v) is 3.69. The summed E-state index contributed by atoms with van der Waals surface area (Å²) in [6.45, 7) is 6.20. The third kappa shape index (κ3) is 2.93. The van der Waals surface area contributed by atoms with Crippen LogP contribution in [-0.4, -0.2) is 28.7 Å². The molecule has 2 unspecified atom stereocenters. The predicted octanol–water partition coefficient (Wildman–Crippen LogP) is 2.65. The molecule has 0 spiro atoms. The second kappa shape index (κ2) is 5.27. The van der Waals surface area contributed by atoms with Crippen molar-refractivity contribution in [2.45, 2.75) is 31.0 Å².